The quantitative estimate of drug-likeness (QED) is 0.225. The van der Waals surface area contributed by atoms with Crippen LogP contribution in [0.4, 0.5) is 17.1 Å². The maximum atomic E-state index is 13.1. The molecule has 0 aliphatic carbocycles. The Kier molecular flexibility index (Phi) is 6.51. The van der Waals surface area contributed by atoms with E-state index in [1.165, 1.54) is 12.1 Å². The first-order valence-electron chi connectivity index (χ1n) is 10.3. The topological polar surface area (TPSA) is 111 Å². The summed E-state index contributed by atoms with van der Waals surface area (Å²) in [5.74, 6) is -1.08. The number of hydrogen-bond donors (Lipinski definition) is 2. The molecule has 172 valence electrons. The maximum Gasteiger partial charge on any atom is 0.343 e. The van der Waals surface area contributed by atoms with Gasteiger partial charge in [-0.3, -0.25) is 9.59 Å². The molecular formula is C25H20ClN3O5. The van der Waals surface area contributed by atoms with Crippen molar-refractivity contribution >= 4 is 46.4 Å². The zero-order valence-electron chi connectivity index (χ0n) is 18.1. The summed E-state index contributed by atoms with van der Waals surface area (Å²) in [5, 5.41) is 2.63. The lowest BCUT2D eigenvalue weighted by Gasteiger charge is -2.18. The normalized spacial score (nSPS) is 13.3. The van der Waals surface area contributed by atoms with E-state index in [0.717, 1.165) is 4.90 Å². The van der Waals surface area contributed by atoms with Crippen LogP contribution in [-0.2, 0) is 9.59 Å². The highest BCUT2D eigenvalue weighted by Crippen LogP contribution is 2.35. The Morgan fingerprint density at radius 1 is 0.971 bits per heavy atom. The summed E-state index contributed by atoms with van der Waals surface area (Å²) in [5.41, 5.74) is 7.17. The number of nitrogen functional groups attached to an aromatic ring is 1. The fourth-order valence-corrected chi connectivity index (χ4v) is 3.50. The van der Waals surface area contributed by atoms with Gasteiger partial charge in [0.25, 0.3) is 11.8 Å². The zero-order valence-corrected chi connectivity index (χ0v) is 18.8. The van der Waals surface area contributed by atoms with E-state index < -0.39 is 17.8 Å². The Morgan fingerprint density at radius 2 is 1.65 bits per heavy atom. The molecule has 0 spiro atoms. The summed E-state index contributed by atoms with van der Waals surface area (Å²) in [6, 6.07) is 19.4. The van der Waals surface area contributed by atoms with Crippen LogP contribution in [-0.4, -0.2) is 24.4 Å². The van der Waals surface area contributed by atoms with Gasteiger partial charge in [-0.15, -0.1) is 0 Å². The minimum Gasteiger partial charge on any atom is -0.492 e. The number of para-hydroxylation sites is 2. The minimum absolute atomic E-state index is 0.0739. The molecule has 9 heteroatoms. The van der Waals surface area contributed by atoms with Gasteiger partial charge in [0.15, 0.2) is 0 Å². The number of carbonyl (C=O) groups excluding carboxylic acids is 3. The van der Waals surface area contributed by atoms with Crippen molar-refractivity contribution in [2.75, 3.05) is 22.6 Å². The summed E-state index contributed by atoms with van der Waals surface area (Å²) in [6.45, 7) is 2.17. The fourth-order valence-electron chi connectivity index (χ4n) is 3.29. The highest BCUT2D eigenvalue weighted by Gasteiger charge is 2.40. The predicted octanol–water partition coefficient (Wildman–Crippen LogP) is 4.32. The third-order valence-corrected chi connectivity index (χ3v) is 5.26. The number of esters is 1. The number of halogens is 1. The number of nitrogens with one attached hydrogen (secondary N) is 1. The average molecular weight is 478 g/mol. The molecule has 3 N–H and O–H groups in total. The van der Waals surface area contributed by atoms with E-state index in [1.54, 1.807) is 67.6 Å². The Bertz CT molecular complexity index is 1290. The molecule has 2 amide bonds. The number of carbonyl (C=O) groups is 3. The molecular weight excluding hydrogens is 458 g/mol. The van der Waals surface area contributed by atoms with Crippen LogP contribution in [0.5, 0.6) is 11.5 Å². The number of nitrogens with two attached hydrogens (primary N) is 1. The lowest BCUT2D eigenvalue weighted by atomic mass is 10.2. The van der Waals surface area contributed by atoms with Crippen LogP contribution in [0.2, 0.25) is 0 Å². The molecule has 0 bridgehead atoms. The summed E-state index contributed by atoms with van der Waals surface area (Å²) >= 11 is 6.21. The number of imide groups is 1. The molecule has 0 aromatic heterocycles. The van der Waals surface area contributed by atoms with Crippen molar-refractivity contribution in [2.24, 2.45) is 0 Å². The van der Waals surface area contributed by atoms with Gasteiger partial charge in [-0.05, 0) is 67.6 Å². The molecule has 4 rings (SSSR count). The smallest absolute Gasteiger partial charge is 0.343 e. The summed E-state index contributed by atoms with van der Waals surface area (Å²) in [7, 11) is 0. The standard InChI is InChI=1S/C25H20ClN3O5/c1-2-33-20-6-4-3-5-19(20)29-23(30)21(26)22(24(29)31)28-17-11-7-15(8-12-17)25(32)34-18-13-9-16(27)10-14-18/h3-14,28H,2,27H2,1H3. The highest BCUT2D eigenvalue weighted by molar-refractivity contribution is 6.53. The Morgan fingerprint density at radius 3 is 2.32 bits per heavy atom. The lowest BCUT2D eigenvalue weighted by Crippen LogP contribution is -2.32. The second kappa shape index (κ2) is 9.68. The van der Waals surface area contributed by atoms with Gasteiger partial charge < -0.3 is 20.5 Å². The third kappa shape index (κ3) is 4.57. The summed E-state index contributed by atoms with van der Waals surface area (Å²) in [6.07, 6.45) is 0. The largest absolute Gasteiger partial charge is 0.492 e. The molecule has 1 aliphatic rings. The number of anilines is 3. The van der Waals surface area contributed by atoms with E-state index in [2.05, 4.69) is 5.32 Å². The van der Waals surface area contributed by atoms with Crippen LogP contribution < -0.4 is 25.4 Å². The van der Waals surface area contributed by atoms with E-state index >= 15 is 0 Å². The molecule has 0 unspecified atom stereocenters. The molecule has 3 aromatic rings. The molecule has 3 aromatic carbocycles. The van der Waals surface area contributed by atoms with Gasteiger partial charge in [0.05, 0.1) is 17.9 Å². The Balaban J connectivity index is 1.49. The molecule has 0 radical (unpaired) electrons. The van der Waals surface area contributed by atoms with Gasteiger partial charge in [-0.25, -0.2) is 9.69 Å². The van der Waals surface area contributed by atoms with Gasteiger partial charge in [0.2, 0.25) is 0 Å². The molecule has 1 heterocycles. The van der Waals surface area contributed by atoms with Crippen LogP contribution in [0.3, 0.4) is 0 Å². The van der Waals surface area contributed by atoms with Crippen LogP contribution in [0.25, 0.3) is 0 Å². The molecule has 8 nitrogen and oxygen atoms in total. The predicted molar refractivity (Wildman–Crippen MR) is 129 cm³/mol. The second-order valence-corrected chi connectivity index (χ2v) is 7.57. The van der Waals surface area contributed by atoms with E-state index in [4.69, 9.17) is 26.8 Å². The zero-order chi connectivity index (χ0) is 24.2. The number of nitrogens with zero attached hydrogens (tertiary/aromatic N) is 1. The van der Waals surface area contributed by atoms with Crippen molar-refractivity contribution in [1.29, 1.82) is 0 Å². The molecule has 1 aliphatic heterocycles. The summed E-state index contributed by atoms with van der Waals surface area (Å²) < 4.78 is 10.8. The molecule has 0 saturated heterocycles. The Labute approximate surface area is 200 Å². The first-order chi connectivity index (χ1) is 16.4. The molecule has 34 heavy (non-hydrogen) atoms. The molecule has 0 atom stereocenters. The van der Waals surface area contributed by atoms with E-state index in [9.17, 15) is 14.4 Å². The fraction of sp³-hybridized carbons (Fsp3) is 0.0800. The van der Waals surface area contributed by atoms with E-state index in [-0.39, 0.29) is 10.7 Å². The van der Waals surface area contributed by atoms with Gasteiger partial charge in [0.1, 0.15) is 22.2 Å². The molecule has 0 fully saturated rings. The van der Waals surface area contributed by atoms with Crippen LogP contribution >= 0.6 is 11.6 Å². The van der Waals surface area contributed by atoms with Gasteiger partial charge in [0, 0.05) is 11.4 Å². The first kappa shape index (κ1) is 22.9. The van der Waals surface area contributed by atoms with Crippen molar-refractivity contribution < 1.29 is 23.9 Å². The van der Waals surface area contributed by atoms with E-state index in [1.807, 2.05) is 0 Å². The number of ether oxygens (including phenoxy) is 2. The van der Waals surface area contributed by atoms with E-state index in [0.29, 0.717) is 40.7 Å². The van der Waals surface area contributed by atoms with Gasteiger partial charge >= 0.3 is 5.97 Å². The molecule has 0 saturated carbocycles. The number of rotatable bonds is 7. The Hall–Kier alpha value is -4.30. The summed E-state index contributed by atoms with van der Waals surface area (Å²) in [4.78, 5) is 39.1. The lowest BCUT2D eigenvalue weighted by molar-refractivity contribution is -0.120. The highest BCUT2D eigenvalue weighted by atomic mass is 35.5. The number of amides is 2. The van der Waals surface area contributed by atoms with Crippen molar-refractivity contribution in [3.63, 3.8) is 0 Å². The van der Waals surface area contributed by atoms with Crippen molar-refractivity contribution in [1.82, 2.24) is 0 Å². The maximum absolute atomic E-state index is 13.1. The van der Waals surface area contributed by atoms with Gasteiger partial charge in [-0.1, -0.05) is 23.7 Å². The number of benzene rings is 3. The van der Waals surface area contributed by atoms with Crippen molar-refractivity contribution in [2.45, 2.75) is 6.92 Å². The van der Waals surface area contributed by atoms with Crippen molar-refractivity contribution in [3.05, 3.63) is 89.1 Å². The average Bonchev–Trinajstić information content (AvgIpc) is 3.04. The second-order valence-electron chi connectivity index (χ2n) is 7.20. The van der Waals surface area contributed by atoms with Crippen LogP contribution in [0.15, 0.2) is 83.5 Å². The van der Waals surface area contributed by atoms with Crippen molar-refractivity contribution in [3.8, 4) is 11.5 Å². The monoisotopic (exact) mass is 477 g/mol. The number of hydrogen-bond acceptors (Lipinski definition) is 7. The third-order valence-electron chi connectivity index (χ3n) is 4.91. The SMILES string of the molecule is CCOc1ccccc1N1C(=O)C(Cl)=C(Nc2ccc(C(=O)Oc3ccc(N)cc3)cc2)C1=O. The van der Waals surface area contributed by atoms with Gasteiger partial charge in [-0.2, -0.15) is 0 Å². The van der Waals surface area contributed by atoms with Crippen LogP contribution in [0, 0.1) is 0 Å². The minimum atomic E-state index is -0.662. The first-order valence-corrected chi connectivity index (χ1v) is 10.7. The van der Waals surface area contributed by atoms with Crippen LogP contribution in [0.1, 0.15) is 17.3 Å².